The molecule has 0 unspecified atom stereocenters. The highest BCUT2D eigenvalue weighted by Gasteiger charge is 2.07. The number of hydrogen-bond donors (Lipinski definition) is 3. The summed E-state index contributed by atoms with van der Waals surface area (Å²) in [5.41, 5.74) is 7.55. The minimum atomic E-state index is -3.38. The van der Waals surface area contributed by atoms with Gasteiger partial charge in [-0.05, 0) is 30.5 Å². The first kappa shape index (κ1) is 15.1. The van der Waals surface area contributed by atoms with Crippen LogP contribution in [0.2, 0.25) is 0 Å². The van der Waals surface area contributed by atoms with Crippen molar-refractivity contribution < 1.29 is 8.42 Å². The zero-order valence-electron chi connectivity index (χ0n) is 10.6. The van der Waals surface area contributed by atoms with Gasteiger partial charge in [0.05, 0.1) is 0 Å². The number of nitrogens with two attached hydrogens (primary N) is 1. The molecule has 0 fully saturated rings. The smallest absolute Gasteiger partial charge is 0.277 e. The van der Waals surface area contributed by atoms with Gasteiger partial charge in [-0.15, -0.1) is 0 Å². The summed E-state index contributed by atoms with van der Waals surface area (Å²) in [6.07, 6.45) is 1.61. The Kier molecular flexibility index (Phi) is 6.28. The van der Waals surface area contributed by atoms with Gasteiger partial charge in [-0.25, -0.2) is 4.72 Å². The Hall–Kier alpha value is -0.950. The predicted molar refractivity (Wildman–Crippen MR) is 73.3 cm³/mol. The van der Waals surface area contributed by atoms with Crippen molar-refractivity contribution >= 4 is 10.2 Å². The van der Waals surface area contributed by atoms with Gasteiger partial charge in [-0.2, -0.15) is 13.1 Å². The van der Waals surface area contributed by atoms with E-state index < -0.39 is 10.2 Å². The van der Waals surface area contributed by atoms with Crippen LogP contribution in [0.1, 0.15) is 24.5 Å². The fraction of sp³-hybridized carbons (Fsp3) is 0.500. The number of hydrogen-bond acceptors (Lipinski definition) is 3. The van der Waals surface area contributed by atoms with E-state index in [1.807, 2.05) is 31.2 Å². The van der Waals surface area contributed by atoms with Crippen LogP contribution < -0.4 is 15.2 Å². The van der Waals surface area contributed by atoms with Crippen molar-refractivity contribution in [2.75, 3.05) is 13.1 Å². The third-order valence-corrected chi connectivity index (χ3v) is 3.57. The lowest BCUT2D eigenvalue weighted by Crippen LogP contribution is -2.36. The third-order valence-electron chi connectivity index (χ3n) is 2.46. The molecule has 0 aromatic heterocycles. The van der Waals surface area contributed by atoms with Gasteiger partial charge < -0.3 is 5.73 Å². The highest BCUT2D eigenvalue weighted by atomic mass is 32.2. The van der Waals surface area contributed by atoms with Gasteiger partial charge in [0.2, 0.25) is 0 Å². The summed E-state index contributed by atoms with van der Waals surface area (Å²) in [6, 6.07) is 7.76. The lowest BCUT2D eigenvalue weighted by Gasteiger charge is -2.08. The standard InChI is InChI=1S/C12H21N3O2S/c1-2-9-14-18(16,17)15-10-12-5-3-11(4-6-12)7-8-13/h3-6,14-15H,2,7-10,13H2,1H3. The van der Waals surface area contributed by atoms with E-state index in [1.54, 1.807) is 0 Å². The van der Waals surface area contributed by atoms with E-state index in [0.717, 1.165) is 24.0 Å². The Morgan fingerprint density at radius 1 is 1.11 bits per heavy atom. The predicted octanol–water partition coefficient (Wildman–Crippen LogP) is 0.522. The van der Waals surface area contributed by atoms with Gasteiger partial charge in [0.25, 0.3) is 10.2 Å². The van der Waals surface area contributed by atoms with Gasteiger partial charge in [0.15, 0.2) is 0 Å². The first-order valence-electron chi connectivity index (χ1n) is 6.09. The van der Waals surface area contributed by atoms with E-state index in [0.29, 0.717) is 19.6 Å². The molecule has 0 bridgehead atoms. The minimum Gasteiger partial charge on any atom is -0.330 e. The van der Waals surface area contributed by atoms with Gasteiger partial charge in [0, 0.05) is 13.1 Å². The Morgan fingerprint density at radius 3 is 2.28 bits per heavy atom. The van der Waals surface area contributed by atoms with Gasteiger partial charge in [0.1, 0.15) is 0 Å². The third kappa shape index (κ3) is 5.59. The van der Waals surface area contributed by atoms with Crippen molar-refractivity contribution in [1.82, 2.24) is 9.44 Å². The zero-order chi connectivity index (χ0) is 13.4. The molecule has 6 heteroatoms. The molecule has 1 aromatic rings. The summed E-state index contributed by atoms with van der Waals surface area (Å²) in [6.45, 7) is 3.28. The molecule has 5 nitrogen and oxygen atoms in total. The highest BCUT2D eigenvalue weighted by molar-refractivity contribution is 7.87. The summed E-state index contributed by atoms with van der Waals surface area (Å²) >= 11 is 0. The van der Waals surface area contributed by atoms with Gasteiger partial charge in [-0.3, -0.25) is 0 Å². The molecule has 0 amide bonds. The monoisotopic (exact) mass is 271 g/mol. The summed E-state index contributed by atoms with van der Waals surface area (Å²) in [5.74, 6) is 0. The molecule has 0 aliphatic rings. The van der Waals surface area contributed by atoms with Crippen LogP contribution in [-0.4, -0.2) is 21.5 Å². The van der Waals surface area contributed by atoms with E-state index in [9.17, 15) is 8.42 Å². The number of rotatable bonds is 8. The molecule has 1 aromatic carbocycles. The SMILES string of the molecule is CCCNS(=O)(=O)NCc1ccc(CCN)cc1. The first-order valence-corrected chi connectivity index (χ1v) is 7.58. The molecule has 0 heterocycles. The van der Waals surface area contributed by atoms with Crippen LogP contribution in [0.5, 0.6) is 0 Å². The molecule has 0 atom stereocenters. The van der Waals surface area contributed by atoms with Crippen molar-refractivity contribution in [3.63, 3.8) is 0 Å². The van der Waals surface area contributed by atoms with Crippen molar-refractivity contribution in [3.8, 4) is 0 Å². The van der Waals surface area contributed by atoms with E-state index in [1.165, 1.54) is 0 Å². The topological polar surface area (TPSA) is 84.2 Å². The molecule has 102 valence electrons. The maximum Gasteiger partial charge on any atom is 0.277 e. The van der Waals surface area contributed by atoms with Crippen molar-refractivity contribution in [3.05, 3.63) is 35.4 Å². The van der Waals surface area contributed by atoms with Crippen LogP contribution >= 0.6 is 0 Å². The molecule has 1 rings (SSSR count). The normalized spacial score (nSPS) is 11.7. The van der Waals surface area contributed by atoms with Crippen LogP contribution in [0.3, 0.4) is 0 Å². The Bertz CT molecular complexity index is 443. The Balaban J connectivity index is 2.48. The molecule has 0 spiro atoms. The maximum atomic E-state index is 11.5. The molecular formula is C12H21N3O2S. The zero-order valence-corrected chi connectivity index (χ0v) is 11.5. The average molecular weight is 271 g/mol. The second kappa shape index (κ2) is 7.48. The Labute approximate surface area is 109 Å². The summed E-state index contributed by atoms with van der Waals surface area (Å²) in [4.78, 5) is 0. The quantitative estimate of drug-likeness (QED) is 0.644. The highest BCUT2D eigenvalue weighted by Crippen LogP contribution is 2.04. The van der Waals surface area contributed by atoms with Gasteiger partial charge >= 0.3 is 0 Å². The maximum absolute atomic E-state index is 11.5. The van der Waals surface area contributed by atoms with Gasteiger partial charge in [-0.1, -0.05) is 31.2 Å². The van der Waals surface area contributed by atoms with Crippen LogP contribution in [-0.2, 0) is 23.2 Å². The second-order valence-electron chi connectivity index (χ2n) is 4.07. The molecule has 4 N–H and O–H groups in total. The molecule has 18 heavy (non-hydrogen) atoms. The lowest BCUT2D eigenvalue weighted by atomic mass is 10.1. The van der Waals surface area contributed by atoms with Crippen molar-refractivity contribution in [2.45, 2.75) is 26.3 Å². The van der Waals surface area contributed by atoms with Crippen LogP contribution in [0, 0.1) is 0 Å². The molecule has 0 saturated carbocycles. The Morgan fingerprint density at radius 2 is 1.72 bits per heavy atom. The van der Waals surface area contributed by atoms with E-state index in [-0.39, 0.29) is 0 Å². The van der Waals surface area contributed by atoms with E-state index >= 15 is 0 Å². The second-order valence-corrected chi connectivity index (χ2v) is 5.66. The van der Waals surface area contributed by atoms with Crippen LogP contribution in [0.15, 0.2) is 24.3 Å². The first-order chi connectivity index (χ1) is 8.57. The van der Waals surface area contributed by atoms with Crippen LogP contribution in [0.4, 0.5) is 0 Å². The molecule has 0 saturated heterocycles. The van der Waals surface area contributed by atoms with Crippen molar-refractivity contribution in [1.29, 1.82) is 0 Å². The lowest BCUT2D eigenvalue weighted by molar-refractivity contribution is 0.565. The van der Waals surface area contributed by atoms with Crippen molar-refractivity contribution in [2.24, 2.45) is 5.73 Å². The largest absolute Gasteiger partial charge is 0.330 e. The fourth-order valence-electron chi connectivity index (χ4n) is 1.46. The summed E-state index contributed by atoms with van der Waals surface area (Å²) in [7, 11) is -3.38. The molecular weight excluding hydrogens is 250 g/mol. The van der Waals surface area contributed by atoms with E-state index in [2.05, 4.69) is 9.44 Å². The summed E-state index contributed by atoms with van der Waals surface area (Å²) < 4.78 is 27.9. The molecule has 0 aliphatic heterocycles. The summed E-state index contributed by atoms with van der Waals surface area (Å²) in [5, 5.41) is 0. The van der Waals surface area contributed by atoms with E-state index in [4.69, 9.17) is 5.73 Å². The fourth-order valence-corrected chi connectivity index (χ4v) is 2.39. The number of nitrogens with one attached hydrogen (secondary N) is 2. The average Bonchev–Trinajstić information content (AvgIpc) is 2.36. The molecule has 0 radical (unpaired) electrons. The van der Waals surface area contributed by atoms with Crippen LogP contribution in [0.25, 0.3) is 0 Å². The number of benzene rings is 1. The minimum absolute atomic E-state index is 0.294. The molecule has 0 aliphatic carbocycles.